The summed E-state index contributed by atoms with van der Waals surface area (Å²) < 4.78 is 12.1. The van der Waals surface area contributed by atoms with Gasteiger partial charge in [-0.2, -0.15) is 3.89 Å². The predicted molar refractivity (Wildman–Crippen MR) is 53.7 cm³/mol. The molecule has 2 atom stereocenters. The molecule has 0 aliphatic carbocycles. The minimum atomic E-state index is -0.848. The first-order chi connectivity index (χ1) is 6.56. The summed E-state index contributed by atoms with van der Waals surface area (Å²) in [6.45, 7) is 1.65. The molecule has 0 aliphatic rings. The Hall–Kier alpha value is -0.780. The monoisotopic (exact) mass is 217 g/mol. The normalized spacial score (nSPS) is 15.1. The number of benzene rings is 1. The van der Waals surface area contributed by atoms with Gasteiger partial charge in [-0.25, -0.2) is 0 Å². The zero-order valence-electron chi connectivity index (χ0n) is 7.64. The van der Waals surface area contributed by atoms with Gasteiger partial charge in [-0.3, -0.25) is 0 Å². The van der Waals surface area contributed by atoms with Crippen molar-refractivity contribution in [1.82, 2.24) is 0 Å². The quantitative estimate of drug-likeness (QED) is 0.721. The average molecular weight is 217 g/mol. The first-order valence-corrected chi connectivity index (χ1v) is 4.83. The van der Waals surface area contributed by atoms with E-state index in [1.807, 2.05) is 0 Å². The number of halogens is 1. The SMILES string of the molecule is CC(N)C(O)c1ccc(SF)c(O)c1. The van der Waals surface area contributed by atoms with Crippen LogP contribution in [-0.2, 0) is 0 Å². The summed E-state index contributed by atoms with van der Waals surface area (Å²) in [5.74, 6) is -0.185. The third-order valence-electron chi connectivity index (χ3n) is 1.91. The van der Waals surface area contributed by atoms with E-state index in [0.29, 0.717) is 5.56 Å². The minimum absolute atomic E-state index is 0.0386. The van der Waals surface area contributed by atoms with Gasteiger partial charge in [-0.05, 0) is 24.6 Å². The van der Waals surface area contributed by atoms with Gasteiger partial charge in [0.1, 0.15) is 5.75 Å². The van der Waals surface area contributed by atoms with Gasteiger partial charge < -0.3 is 15.9 Å². The van der Waals surface area contributed by atoms with Gasteiger partial charge in [-0.1, -0.05) is 6.07 Å². The summed E-state index contributed by atoms with van der Waals surface area (Å²) in [6, 6.07) is 3.82. The lowest BCUT2D eigenvalue weighted by molar-refractivity contribution is 0.153. The van der Waals surface area contributed by atoms with Crippen molar-refractivity contribution < 1.29 is 14.1 Å². The van der Waals surface area contributed by atoms with Crippen molar-refractivity contribution in [2.24, 2.45) is 5.73 Å². The lowest BCUT2D eigenvalue weighted by Gasteiger charge is -2.15. The van der Waals surface area contributed by atoms with E-state index in [4.69, 9.17) is 5.73 Å². The van der Waals surface area contributed by atoms with Gasteiger partial charge in [0.05, 0.1) is 23.1 Å². The molecule has 0 spiro atoms. The lowest BCUT2D eigenvalue weighted by Crippen LogP contribution is -2.24. The Bertz CT molecular complexity index is 320. The zero-order chi connectivity index (χ0) is 10.7. The standard InChI is InChI=1S/C9H12FNO2S/c1-5(11)9(13)6-2-3-8(14-10)7(12)4-6/h2-5,9,12-13H,11H2,1H3. The van der Waals surface area contributed by atoms with E-state index in [1.54, 1.807) is 6.92 Å². The zero-order valence-corrected chi connectivity index (χ0v) is 8.46. The Morgan fingerprint density at radius 1 is 1.50 bits per heavy atom. The Balaban J connectivity index is 2.96. The Labute approximate surface area is 86.0 Å². The lowest BCUT2D eigenvalue weighted by atomic mass is 10.0. The number of nitrogens with two attached hydrogens (primary N) is 1. The second kappa shape index (κ2) is 4.63. The van der Waals surface area contributed by atoms with Crippen LogP contribution in [0, 0.1) is 0 Å². The molecule has 0 aliphatic heterocycles. The molecule has 5 heteroatoms. The molecule has 14 heavy (non-hydrogen) atoms. The van der Waals surface area contributed by atoms with Crippen molar-refractivity contribution in [1.29, 1.82) is 0 Å². The highest BCUT2D eigenvalue weighted by Gasteiger charge is 2.14. The number of phenolic OH excluding ortho intramolecular Hbond substituents is 1. The number of aliphatic hydroxyl groups is 1. The summed E-state index contributed by atoms with van der Waals surface area (Å²) in [5.41, 5.74) is 5.96. The molecule has 0 bridgehead atoms. The number of rotatable bonds is 3. The van der Waals surface area contributed by atoms with Gasteiger partial charge in [0, 0.05) is 6.04 Å². The molecular formula is C9H12FNO2S. The van der Waals surface area contributed by atoms with E-state index >= 15 is 0 Å². The molecule has 0 radical (unpaired) electrons. The van der Waals surface area contributed by atoms with E-state index in [9.17, 15) is 14.1 Å². The molecule has 1 rings (SSSR count). The topological polar surface area (TPSA) is 66.5 Å². The van der Waals surface area contributed by atoms with Crippen molar-refractivity contribution in [3.05, 3.63) is 23.8 Å². The molecule has 0 heterocycles. The summed E-state index contributed by atoms with van der Waals surface area (Å²) in [4.78, 5) is 0.130. The smallest absolute Gasteiger partial charge is 0.132 e. The van der Waals surface area contributed by atoms with Crippen molar-refractivity contribution >= 4 is 12.1 Å². The number of hydrogen-bond acceptors (Lipinski definition) is 4. The Kier molecular flexibility index (Phi) is 3.74. The molecular weight excluding hydrogens is 205 g/mol. The molecule has 0 fully saturated rings. The highest BCUT2D eigenvalue weighted by atomic mass is 32.2. The maximum Gasteiger partial charge on any atom is 0.132 e. The van der Waals surface area contributed by atoms with E-state index < -0.39 is 12.1 Å². The molecule has 0 saturated heterocycles. The second-order valence-corrected chi connectivity index (χ2v) is 3.70. The summed E-state index contributed by atoms with van der Waals surface area (Å²) in [7, 11) is 0. The highest BCUT2D eigenvalue weighted by Crippen LogP contribution is 2.31. The number of phenols is 1. The number of aromatic hydroxyl groups is 1. The Morgan fingerprint density at radius 2 is 2.14 bits per heavy atom. The minimum Gasteiger partial charge on any atom is -0.507 e. The second-order valence-electron chi connectivity index (χ2n) is 3.11. The van der Waals surface area contributed by atoms with Crippen LogP contribution in [0.5, 0.6) is 5.75 Å². The van der Waals surface area contributed by atoms with Crippen LogP contribution >= 0.6 is 12.1 Å². The van der Waals surface area contributed by atoms with Gasteiger partial charge in [0.2, 0.25) is 0 Å². The van der Waals surface area contributed by atoms with E-state index in [2.05, 4.69) is 0 Å². The number of hydrogen-bond donors (Lipinski definition) is 3. The molecule has 0 saturated carbocycles. The van der Waals surface area contributed by atoms with Crippen molar-refractivity contribution in [2.45, 2.75) is 24.0 Å². The van der Waals surface area contributed by atoms with E-state index in [0.717, 1.165) is 0 Å². The highest BCUT2D eigenvalue weighted by molar-refractivity contribution is 7.94. The third-order valence-corrected chi connectivity index (χ3v) is 2.42. The van der Waals surface area contributed by atoms with Crippen LogP contribution in [0.25, 0.3) is 0 Å². The predicted octanol–water partition coefficient (Wildman–Crippen LogP) is 1.75. The van der Waals surface area contributed by atoms with Crippen molar-refractivity contribution in [3.8, 4) is 5.75 Å². The molecule has 3 nitrogen and oxygen atoms in total. The fraction of sp³-hybridized carbons (Fsp3) is 0.333. The van der Waals surface area contributed by atoms with Crippen LogP contribution < -0.4 is 5.73 Å². The van der Waals surface area contributed by atoms with Gasteiger partial charge in [0.25, 0.3) is 0 Å². The van der Waals surface area contributed by atoms with Crippen LogP contribution in [0.15, 0.2) is 23.1 Å². The van der Waals surface area contributed by atoms with Crippen molar-refractivity contribution in [2.75, 3.05) is 0 Å². The van der Waals surface area contributed by atoms with Gasteiger partial charge in [-0.15, -0.1) is 0 Å². The molecule has 1 aromatic rings. The maximum atomic E-state index is 12.1. The molecule has 0 amide bonds. The van der Waals surface area contributed by atoms with Gasteiger partial charge in [0.15, 0.2) is 0 Å². The molecule has 0 aromatic heterocycles. The van der Waals surface area contributed by atoms with Crippen LogP contribution in [0.1, 0.15) is 18.6 Å². The largest absolute Gasteiger partial charge is 0.507 e. The fourth-order valence-corrected chi connectivity index (χ4v) is 1.34. The van der Waals surface area contributed by atoms with Gasteiger partial charge >= 0.3 is 0 Å². The van der Waals surface area contributed by atoms with Crippen LogP contribution in [0.2, 0.25) is 0 Å². The van der Waals surface area contributed by atoms with E-state index in [1.165, 1.54) is 18.2 Å². The fourth-order valence-electron chi connectivity index (χ4n) is 1.09. The summed E-state index contributed by atoms with van der Waals surface area (Å²) in [6.07, 6.45) is -0.848. The van der Waals surface area contributed by atoms with Crippen LogP contribution in [0.3, 0.4) is 0 Å². The molecule has 1 aromatic carbocycles. The summed E-state index contributed by atoms with van der Waals surface area (Å²) >= 11 is -0.0386. The Morgan fingerprint density at radius 3 is 2.57 bits per heavy atom. The average Bonchev–Trinajstić information content (AvgIpc) is 2.16. The first kappa shape index (κ1) is 11.3. The molecule has 78 valence electrons. The van der Waals surface area contributed by atoms with E-state index in [-0.39, 0.29) is 22.8 Å². The maximum absolute atomic E-state index is 12.1. The summed E-state index contributed by atoms with van der Waals surface area (Å²) in [5, 5.41) is 18.9. The molecule has 2 unspecified atom stereocenters. The van der Waals surface area contributed by atoms with Crippen molar-refractivity contribution in [3.63, 3.8) is 0 Å². The first-order valence-electron chi connectivity index (χ1n) is 4.11. The third kappa shape index (κ3) is 2.37. The number of aliphatic hydroxyl groups excluding tert-OH is 1. The van der Waals surface area contributed by atoms with Crippen LogP contribution in [0.4, 0.5) is 3.89 Å². The molecule has 4 N–H and O–H groups in total. The van der Waals surface area contributed by atoms with Crippen LogP contribution in [-0.4, -0.2) is 16.3 Å².